The maximum absolute atomic E-state index is 11.1. The van der Waals surface area contributed by atoms with Gasteiger partial charge >= 0.3 is 5.97 Å². The monoisotopic (exact) mass is 286 g/mol. The number of morpholine rings is 1. The van der Waals surface area contributed by atoms with Crippen molar-refractivity contribution in [2.75, 3.05) is 24.6 Å². The number of carbonyl (C=O) groups is 1. The number of aliphatic hydroxyl groups is 1. The lowest BCUT2D eigenvalue weighted by Gasteiger charge is -2.42. The topological polar surface area (TPSA) is 82.9 Å². The lowest BCUT2D eigenvalue weighted by atomic mass is 10.1. The zero-order chi connectivity index (χ0) is 14.2. The number of aromatic nitrogens is 1. The summed E-state index contributed by atoms with van der Waals surface area (Å²) in [6.07, 6.45) is -0.277. The smallest absolute Gasteiger partial charge is 0.347 e. The van der Waals surface area contributed by atoms with Crippen LogP contribution in [0.5, 0.6) is 0 Å². The first kappa shape index (κ1) is 14.2. The molecule has 106 valence electrons. The van der Waals surface area contributed by atoms with Gasteiger partial charge in [-0.15, -0.1) is 0 Å². The second-order valence-corrected chi connectivity index (χ2v) is 6.26. The van der Waals surface area contributed by atoms with Crippen LogP contribution in [0.25, 0.3) is 0 Å². The van der Waals surface area contributed by atoms with Gasteiger partial charge in [-0.25, -0.2) is 9.78 Å². The molecule has 1 fully saturated rings. The van der Waals surface area contributed by atoms with E-state index in [1.807, 2.05) is 18.7 Å². The van der Waals surface area contributed by atoms with Crippen LogP contribution >= 0.6 is 11.3 Å². The SMILES string of the molecule is Cc1nc(N2CC(CO)OC(C)(C)C2)sc1C(=O)O. The number of ether oxygens (including phenoxy) is 1. The van der Waals surface area contributed by atoms with E-state index in [0.717, 1.165) is 0 Å². The summed E-state index contributed by atoms with van der Waals surface area (Å²) in [5, 5.41) is 19.0. The molecule has 1 atom stereocenters. The Morgan fingerprint density at radius 3 is 2.84 bits per heavy atom. The summed E-state index contributed by atoms with van der Waals surface area (Å²) in [7, 11) is 0. The highest BCUT2D eigenvalue weighted by Crippen LogP contribution is 2.31. The van der Waals surface area contributed by atoms with Gasteiger partial charge in [-0.05, 0) is 20.8 Å². The van der Waals surface area contributed by atoms with Gasteiger partial charge in [-0.3, -0.25) is 0 Å². The molecule has 2 rings (SSSR count). The van der Waals surface area contributed by atoms with Crippen LogP contribution in [0.15, 0.2) is 0 Å². The second kappa shape index (κ2) is 5.07. The minimum absolute atomic E-state index is 0.0594. The Hall–Kier alpha value is -1.18. The first-order chi connectivity index (χ1) is 8.82. The molecule has 2 N–H and O–H groups in total. The minimum Gasteiger partial charge on any atom is -0.477 e. The van der Waals surface area contributed by atoms with Crippen LogP contribution in [-0.4, -0.2) is 52.6 Å². The van der Waals surface area contributed by atoms with Crippen LogP contribution in [0, 0.1) is 6.92 Å². The number of nitrogens with zero attached hydrogens (tertiary/aromatic N) is 2. The second-order valence-electron chi connectivity index (χ2n) is 5.28. The molecule has 2 heterocycles. The van der Waals surface area contributed by atoms with Gasteiger partial charge in [0, 0.05) is 13.1 Å². The number of aryl methyl sites for hydroxylation is 1. The molecule has 1 saturated heterocycles. The molecule has 1 aromatic rings. The molecule has 6 nitrogen and oxygen atoms in total. The number of aromatic carboxylic acids is 1. The summed E-state index contributed by atoms with van der Waals surface area (Å²) < 4.78 is 5.73. The fourth-order valence-electron chi connectivity index (χ4n) is 2.25. The number of hydrogen-bond acceptors (Lipinski definition) is 6. The molecule has 0 aliphatic carbocycles. The van der Waals surface area contributed by atoms with Gasteiger partial charge in [-0.1, -0.05) is 11.3 Å². The summed E-state index contributed by atoms with van der Waals surface area (Å²) in [4.78, 5) is 17.6. The Morgan fingerprint density at radius 1 is 1.63 bits per heavy atom. The third-order valence-electron chi connectivity index (χ3n) is 2.94. The normalized spacial score (nSPS) is 22.5. The zero-order valence-electron chi connectivity index (χ0n) is 11.2. The molecule has 0 bridgehead atoms. The van der Waals surface area contributed by atoms with Gasteiger partial charge in [-0.2, -0.15) is 0 Å². The van der Waals surface area contributed by atoms with Crippen LogP contribution in [0.2, 0.25) is 0 Å². The first-order valence-electron chi connectivity index (χ1n) is 6.07. The van der Waals surface area contributed by atoms with E-state index in [1.165, 1.54) is 11.3 Å². The number of hydrogen-bond donors (Lipinski definition) is 2. The maximum Gasteiger partial charge on any atom is 0.347 e. The lowest BCUT2D eigenvalue weighted by molar-refractivity contribution is -0.101. The van der Waals surface area contributed by atoms with Gasteiger partial charge in [0.05, 0.1) is 24.0 Å². The molecule has 1 unspecified atom stereocenters. The number of carboxylic acids is 1. The Balaban J connectivity index is 2.25. The van der Waals surface area contributed by atoms with Crippen molar-refractivity contribution in [3.63, 3.8) is 0 Å². The molecule has 1 aliphatic heterocycles. The van der Waals surface area contributed by atoms with Crippen molar-refractivity contribution in [3.8, 4) is 0 Å². The standard InChI is InChI=1S/C12H18N2O4S/c1-7-9(10(16)17)19-11(13-7)14-4-8(5-15)18-12(2,3)6-14/h8,15H,4-6H2,1-3H3,(H,16,17). The Kier molecular flexibility index (Phi) is 3.80. The minimum atomic E-state index is -0.951. The fourth-order valence-corrected chi connectivity index (χ4v) is 3.17. The number of carboxylic acid groups (broad SMARTS) is 1. The molecule has 0 aromatic carbocycles. The van der Waals surface area contributed by atoms with E-state index in [9.17, 15) is 9.90 Å². The average molecular weight is 286 g/mol. The van der Waals surface area contributed by atoms with Crippen molar-refractivity contribution in [2.24, 2.45) is 0 Å². The third kappa shape index (κ3) is 3.05. The number of rotatable bonds is 3. The van der Waals surface area contributed by atoms with Crippen LogP contribution in [0.3, 0.4) is 0 Å². The number of thiazole rings is 1. The molecule has 0 saturated carbocycles. The predicted molar refractivity (Wildman–Crippen MR) is 72.1 cm³/mol. The number of anilines is 1. The van der Waals surface area contributed by atoms with Crippen LogP contribution in [-0.2, 0) is 4.74 Å². The van der Waals surface area contributed by atoms with Crippen molar-refractivity contribution in [3.05, 3.63) is 10.6 Å². The van der Waals surface area contributed by atoms with E-state index < -0.39 is 11.6 Å². The van der Waals surface area contributed by atoms with Gasteiger partial charge in [0.2, 0.25) is 0 Å². The van der Waals surface area contributed by atoms with Crippen LogP contribution < -0.4 is 4.90 Å². The fraction of sp³-hybridized carbons (Fsp3) is 0.667. The Bertz CT molecular complexity index is 486. The third-order valence-corrected chi connectivity index (χ3v) is 4.14. The van der Waals surface area contributed by atoms with E-state index in [-0.39, 0.29) is 17.6 Å². The highest BCUT2D eigenvalue weighted by Gasteiger charge is 2.34. The molecule has 7 heteroatoms. The van der Waals surface area contributed by atoms with Crippen molar-refractivity contribution in [1.82, 2.24) is 4.98 Å². The van der Waals surface area contributed by atoms with E-state index in [4.69, 9.17) is 9.84 Å². The molecule has 0 radical (unpaired) electrons. The average Bonchev–Trinajstić information content (AvgIpc) is 2.69. The van der Waals surface area contributed by atoms with Crippen molar-refractivity contribution < 1.29 is 19.7 Å². The van der Waals surface area contributed by atoms with Crippen molar-refractivity contribution >= 4 is 22.4 Å². The number of aliphatic hydroxyl groups excluding tert-OH is 1. The van der Waals surface area contributed by atoms with E-state index in [1.54, 1.807) is 6.92 Å². The molecular formula is C12H18N2O4S. The van der Waals surface area contributed by atoms with Crippen molar-refractivity contribution in [2.45, 2.75) is 32.5 Å². The Morgan fingerprint density at radius 2 is 2.32 bits per heavy atom. The molecule has 19 heavy (non-hydrogen) atoms. The first-order valence-corrected chi connectivity index (χ1v) is 6.88. The van der Waals surface area contributed by atoms with E-state index in [0.29, 0.717) is 23.9 Å². The van der Waals surface area contributed by atoms with E-state index >= 15 is 0 Å². The summed E-state index contributed by atoms with van der Waals surface area (Å²) in [5.74, 6) is -0.951. The molecule has 0 spiro atoms. The molecule has 0 amide bonds. The van der Waals surface area contributed by atoms with Gasteiger partial charge in [0.15, 0.2) is 5.13 Å². The summed E-state index contributed by atoms with van der Waals surface area (Å²) in [6, 6.07) is 0. The highest BCUT2D eigenvalue weighted by atomic mass is 32.1. The Labute approximate surface area is 115 Å². The van der Waals surface area contributed by atoms with Gasteiger partial charge in [0.1, 0.15) is 4.88 Å². The lowest BCUT2D eigenvalue weighted by Crippen LogP contribution is -2.54. The highest BCUT2D eigenvalue weighted by molar-refractivity contribution is 7.17. The molecular weight excluding hydrogens is 268 g/mol. The molecule has 1 aromatic heterocycles. The quantitative estimate of drug-likeness (QED) is 0.866. The summed E-state index contributed by atoms with van der Waals surface area (Å²) in [6.45, 7) is 6.66. The predicted octanol–water partition coefficient (Wildman–Crippen LogP) is 1.13. The summed E-state index contributed by atoms with van der Waals surface area (Å²) >= 11 is 1.17. The summed E-state index contributed by atoms with van der Waals surface area (Å²) in [5.41, 5.74) is 0.131. The van der Waals surface area contributed by atoms with Crippen LogP contribution in [0.4, 0.5) is 5.13 Å². The molecule has 1 aliphatic rings. The van der Waals surface area contributed by atoms with E-state index in [2.05, 4.69) is 4.98 Å². The van der Waals surface area contributed by atoms with Gasteiger partial charge in [0.25, 0.3) is 0 Å². The maximum atomic E-state index is 11.1. The van der Waals surface area contributed by atoms with Crippen LogP contribution in [0.1, 0.15) is 29.2 Å². The van der Waals surface area contributed by atoms with Gasteiger partial charge < -0.3 is 19.8 Å². The van der Waals surface area contributed by atoms with Crippen molar-refractivity contribution in [1.29, 1.82) is 0 Å². The largest absolute Gasteiger partial charge is 0.477 e. The zero-order valence-corrected chi connectivity index (χ0v) is 12.0.